The van der Waals surface area contributed by atoms with Crippen molar-refractivity contribution in [3.05, 3.63) is 86.1 Å². The number of non-ortho nitro benzene ring substituents is 1. The maximum atomic E-state index is 13.3. The van der Waals surface area contributed by atoms with Gasteiger partial charge >= 0.3 is 0 Å². The molecule has 1 saturated heterocycles. The molecule has 1 fully saturated rings. The van der Waals surface area contributed by atoms with Crippen LogP contribution in [0.1, 0.15) is 31.6 Å². The van der Waals surface area contributed by atoms with Crippen LogP contribution in [0.25, 0.3) is 0 Å². The number of methoxy groups -OCH3 is 1. The number of amides is 3. The molecule has 10 heteroatoms. The number of nitrogens with zero attached hydrogens (tertiary/aromatic N) is 3. The lowest BCUT2D eigenvalue weighted by Gasteiger charge is -2.49. The number of hydrogen-bond donors (Lipinski definition) is 0. The van der Waals surface area contributed by atoms with E-state index in [1.807, 2.05) is 17.5 Å². The number of imide groups is 1. The molecule has 1 aromatic heterocycles. The molecule has 0 aliphatic carbocycles. The zero-order chi connectivity index (χ0) is 22.6. The minimum atomic E-state index is -1.05. The number of thiophene rings is 1. The highest BCUT2D eigenvalue weighted by atomic mass is 32.1. The van der Waals surface area contributed by atoms with Crippen LogP contribution in [0.5, 0.6) is 5.75 Å². The Morgan fingerprint density at radius 3 is 2.41 bits per heavy atom. The average molecular weight is 449 g/mol. The maximum absolute atomic E-state index is 13.3. The zero-order valence-electron chi connectivity index (χ0n) is 16.6. The molecule has 5 rings (SSSR count). The van der Waals surface area contributed by atoms with Crippen molar-refractivity contribution in [2.45, 2.75) is 12.1 Å². The number of nitro groups is 1. The molecule has 2 aromatic carbocycles. The highest BCUT2D eigenvalue weighted by molar-refractivity contribution is 7.10. The van der Waals surface area contributed by atoms with Gasteiger partial charge in [0.15, 0.2) is 0 Å². The number of β-lactam (4-membered cyclic amide) rings is 1. The molecule has 32 heavy (non-hydrogen) atoms. The Hall–Kier alpha value is -4.05. The first-order valence-electron chi connectivity index (χ1n) is 9.59. The van der Waals surface area contributed by atoms with E-state index in [1.165, 1.54) is 35.5 Å². The molecular weight excluding hydrogens is 434 g/mol. The van der Waals surface area contributed by atoms with Crippen molar-refractivity contribution in [3.63, 3.8) is 0 Å². The van der Waals surface area contributed by atoms with Crippen molar-refractivity contribution in [1.29, 1.82) is 0 Å². The molecule has 160 valence electrons. The van der Waals surface area contributed by atoms with Gasteiger partial charge in [-0.2, -0.15) is 0 Å². The Labute approximate surface area is 185 Å². The maximum Gasteiger partial charge on any atom is 0.270 e. The molecule has 0 radical (unpaired) electrons. The molecule has 2 atom stereocenters. The second-order valence-corrected chi connectivity index (χ2v) is 8.26. The quantitative estimate of drug-likeness (QED) is 0.255. The highest BCUT2D eigenvalue weighted by Crippen LogP contribution is 2.46. The average Bonchev–Trinajstić information content (AvgIpc) is 3.40. The molecule has 3 aromatic rings. The van der Waals surface area contributed by atoms with Gasteiger partial charge in [0.1, 0.15) is 17.8 Å². The van der Waals surface area contributed by atoms with Gasteiger partial charge in [-0.1, -0.05) is 12.1 Å². The van der Waals surface area contributed by atoms with Gasteiger partial charge < -0.3 is 4.74 Å². The number of fused-ring (bicyclic) bond motifs is 1. The molecule has 3 heterocycles. The number of carbonyl (C=O) groups is 3. The molecule has 9 nitrogen and oxygen atoms in total. The van der Waals surface area contributed by atoms with Crippen LogP contribution in [-0.2, 0) is 4.79 Å². The first-order valence-corrected chi connectivity index (χ1v) is 10.5. The summed E-state index contributed by atoms with van der Waals surface area (Å²) in [7, 11) is 1.52. The molecule has 0 unspecified atom stereocenters. The van der Waals surface area contributed by atoms with Crippen molar-refractivity contribution < 1.29 is 24.0 Å². The Kier molecular flexibility index (Phi) is 4.52. The third-order valence-electron chi connectivity index (χ3n) is 5.62. The van der Waals surface area contributed by atoms with E-state index in [2.05, 4.69) is 0 Å². The summed E-state index contributed by atoms with van der Waals surface area (Å²) in [4.78, 5) is 53.2. The minimum absolute atomic E-state index is 0.0539. The van der Waals surface area contributed by atoms with Gasteiger partial charge in [-0.25, -0.2) is 0 Å². The molecule has 2 aliphatic heterocycles. The van der Waals surface area contributed by atoms with Gasteiger partial charge in [0.2, 0.25) is 0 Å². The summed E-state index contributed by atoms with van der Waals surface area (Å²) in [6.07, 6.45) is 0. The molecule has 3 amide bonds. The van der Waals surface area contributed by atoms with Crippen LogP contribution in [0.15, 0.2) is 60.0 Å². The fraction of sp³-hybridized carbons (Fsp3) is 0.136. The Morgan fingerprint density at radius 1 is 0.938 bits per heavy atom. The lowest BCUT2D eigenvalue weighted by Crippen LogP contribution is -2.67. The van der Waals surface area contributed by atoms with E-state index in [0.29, 0.717) is 11.4 Å². The van der Waals surface area contributed by atoms with Gasteiger partial charge in [-0.15, -0.1) is 11.3 Å². The van der Waals surface area contributed by atoms with Crippen LogP contribution >= 0.6 is 11.3 Å². The van der Waals surface area contributed by atoms with Gasteiger partial charge in [-0.05, 0) is 29.6 Å². The largest absolute Gasteiger partial charge is 0.497 e. The second-order valence-electron chi connectivity index (χ2n) is 7.28. The van der Waals surface area contributed by atoms with Crippen molar-refractivity contribution in [2.75, 3.05) is 12.0 Å². The monoisotopic (exact) mass is 449 g/mol. The SMILES string of the molecule is COc1cccc(N2C(=O)[C@H](N3C(=O)c4ccc([N+](=O)[O-])cc4C3=O)[C@H]2c2cccs2)c1. The zero-order valence-corrected chi connectivity index (χ0v) is 17.4. The summed E-state index contributed by atoms with van der Waals surface area (Å²) < 4.78 is 5.26. The van der Waals surface area contributed by atoms with E-state index in [4.69, 9.17) is 4.74 Å². The Bertz CT molecular complexity index is 1290. The summed E-state index contributed by atoms with van der Waals surface area (Å²) >= 11 is 1.41. The molecule has 0 bridgehead atoms. The van der Waals surface area contributed by atoms with Gasteiger partial charge in [0.05, 0.1) is 23.2 Å². The van der Waals surface area contributed by atoms with Gasteiger partial charge in [-0.3, -0.25) is 34.3 Å². The van der Waals surface area contributed by atoms with Crippen molar-refractivity contribution in [3.8, 4) is 5.75 Å². The minimum Gasteiger partial charge on any atom is -0.497 e. The van der Waals surface area contributed by atoms with Crippen LogP contribution in [0.4, 0.5) is 11.4 Å². The van der Waals surface area contributed by atoms with E-state index in [-0.39, 0.29) is 16.8 Å². The van der Waals surface area contributed by atoms with E-state index < -0.39 is 34.7 Å². The van der Waals surface area contributed by atoms with Crippen molar-refractivity contribution in [2.24, 2.45) is 0 Å². The van der Waals surface area contributed by atoms with Crippen LogP contribution in [0.3, 0.4) is 0 Å². The summed E-state index contributed by atoms with van der Waals surface area (Å²) in [5.74, 6) is -1.19. The number of carbonyl (C=O) groups excluding carboxylic acids is 3. The Morgan fingerprint density at radius 2 is 1.72 bits per heavy atom. The smallest absolute Gasteiger partial charge is 0.270 e. The fourth-order valence-corrected chi connectivity index (χ4v) is 4.97. The van der Waals surface area contributed by atoms with E-state index in [0.717, 1.165) is 15.8 Å². The number of nitro benzene ring substituents is 1. The van der Waals surface area contributed by atoms with Crippen molar-refractivity contribution in [1.82, 2.24) is 4.90 Å². The lowest BCUT2D eigenvalue weighted by molar-refractivity contribution is -0.384. The number of benzene rings is 2. The number of anilines is 1. The van der Waals surface area contributed by atoms with E-state index in [9.17, 15) is 24.5 Å². The predicted molar refractivity (Wildman–Crippen MR) is 115 cm³/mol. The molecular formula is C22H15N3O6S. The summed E-state index contributed by atoms with van der Waals surface area (Å²) in [5.41, 5.74) is 0.274. The summed E-state index contributed by atoms with van der Waals surface area (Å²) in [6, 6.07) is 12.5. The standard InChI is InChI=1S/C22H15N3O6S/c1-31-14-5-2-4-12(10-14)23-18(17-6-3-9-32-17)19(22(23)28)24-20(26)15-8-7-13(25(29)30)11-16(15)21(24)27/h2-11,18-19H,1H3/t18-,19-/m1/s1. The highest BCUT2D eigenvalue weighted by Gasteiger charge is 2.57. The lowest BCUT2D eigenvalue weighted by atomic mass is 9.90. The van der Waals surface area contributed by atoms with Crippen LogP contribution < -0.4 is 9.64 Å². The first-order chi connectivity index (χ1) is 15.4. The van der Waals surface area contributed by atoms with Crippen LogP contribution in [0, 0.1) is 10.1 Å². The van der Waals surface area contributed by atoms with E-state index >= 15 is 0 Å². The fourth-order valence-electron chi connectivity index (χ4n) is 4.13. The predicted octanol–water partition coefficient (Wildman–Crippen LogP) is 3.42. The van der Waals surface area contributed by atoms with Gasteiger partial charge in [0.25, 0.3) is 23.4 Å². The normalized spacial score (nSPS) is 19.7. The molecule has 2 aliphatic rings. The Balaban J connectivity index is 1.55. The summed E-state index contributed by atoms with van der Waals surface area (Å²) in [5, 5.41) is 13.0. The molecule has 0 spiro atoms. The third kappa shape index (κ3) is 2.80. The number of ether oxygens (including phenoxy) is 1. The third-order valence-corrected chi connectivity index (χ3v) is 6.57. The van der Waals surface area contributed by atoms with Crippen molar-refractivity contribution >= 4 is 40.4 Å². The number of rotatable bonds is 5. The van der Waals surface area contributed by atoms with E-state index in [1.54, 1.807) is 24.3 Å². The van der Waals surface area contributed by atoms with Crippen LogP contribution in [-0.4, -0.2) is 40.7 Å². The second kappa shape index (κ2) is 7.27. The summed E-state index contributed by atoms with van der Waals surface area (Å²) in [6.45, 7) is 0. The molecule has 0 N–H and O–H groups in total. The number of hydrogen-bond acceptors (Lipinski definition) is 7. The van der Waals surface area contributed by atoms with Crippen LogP contribution in [0.2, 0.25) is 0 Å². The topological polar surface area (TPSA) is 110 Å². The molecule has 0 saturated carbocycles. The van der Waals surface area contributed by atoms with Gasteiger partial charge in [0, 0.05) is 28.8 Å². The first kappa shape index (κ1) is 19.9.